The number of rotatable bonds is 4. The second kappa shape index (κ2) is 10.6. The first kappa shape index (κ1) is 27.4. The smallest absolute Gasteiger partial charge is 0.0992 e. The molecule has 0 fully saturated rings. The van der Waals surface area contributed by atoms with Crippen molar-refractivity contribution >= 4 is 54.1 Å². The lowest BCUT2D eigenvalue weighted by atomic mass is 9.87. The summed E-state index contributed by atoms with van der Waals surface area (Å²) in [5, 5.41) is 19.5. The number of nitriles is 1. The highest BCUT2D eigenvalue weighted by Crippen LogP contribution is 2.46. The van der Waals surface area contributed by atoms with Gasteiger partial charge in [0.1, 0.15) is 0 Å². The lowest BCUT2D eigenvalue weighted by Gasteiger charge is -2.17. The van der Waals surface area contributed by atoms with Gasteiger partial charge in [-0.3, -0.25) is 4.98 Å². The van der Waals surface area contributed by atoms with Gasteiger partial charge in [-0.2, -0.15) is 5.26 Å². The van der Waals surface area contributed by atoms with E-state index in [1.54, 1.807) is 0 Å². The number of pyridine rings is 1. The maximum absolute atomic E-state index is 9.91. The predicted octanol–water partition coefficient (Wildman–Crippen LogP) is 11.9. The minimum atomic E-state index is 0.665. The van der Waals surface area contributed by atoms with E-state index in [0.29, 0.717) is 5.56 Å². The molecule has 0 aliphatic heterocycles. The predicted molar refractivity (Wildman–Crippen MR) is 203 cm³/mol. The monoisotopic (exact) mass is 621 g/mol. The molecule has 0 amide bonds. The first-order valence-electron chi connectivity index (χ1n) is 16.5. The van der Waals surface area contributed by atoms with Gasteiger partial charge < -0.3 is 4.57 Å². The molecule has 3 nitrogen and oxygen atoms in total. The fourth-order valence-electron chi connectivity index (χ4n) is 7.99. The Balaban J connectivity index is 1.22. The standard InChI is InChI=1S/C46H27N3/c47-27-29-25-30-16-17-42-41(22-23-43-46(42)45(30)44(26-29)49(43)32-10-2-1-3-11-32)40-21-20-39(36-14-6-7-15-37(36)40)38-19-18-33(31-9-8-24-48-28-31)34-12-4-5-13-35(34)38/h1-26,28H. The van der Waals surface area contributed by atoms with Gasteiger partial charge >= 0.3 is 0 Å². The third-order valence-corrected chi connectivity index (χ3v) is 10.1. The number of benzene rings is 8. The largest absolute Gasteiger partial charge is 0.309 e. The van der Waals surface area contributed by atoms with Crippen molar-refractivity contribution in [3.8, 4) is 45.1 Å². The minimum Gasteiger partial charge on any atom is -0.309 e. The Labute approximate surface area is 282 Å². The molecular weight excluding hydrogens is 595 g/mol. The zero-order valence-corrected chi connectivity index (χ0v) is 26.4. The Hall–Kier alpha value is -6.76. The van der Waals surface area contributed by atoms with E-state index in [1.807, 2.05) is 36.7 Å². The van der Waals surface area contributed by atoms with Crippen LogP contribution in [0.1, 0.15) is 5.56 Å². The van der Waals surface area contributed by atoms with Crippen molar-refractivity contribution in [2.45, 2.75) is 0 Å². The van der Waals surface area contributed by atoms with Crippen LogP contribution < -0.4 is 0 Å². The highest BCUT2D eigenvalue weighted by Gasteiger charge is 2.21. The van der Waals surface area contributed by atoms with Crippen LogP contribution in [0.15, 0.2) is 164 Å². The van der Waals surface area contributed by atoms with Crippen molar-refractivity contribution in [2.24, 2.45) is 0 Å². The van der Waals surface area contributed by atoms with Crippen LogP contribution >= 0.6 is 0 Å². The SMILES string of the molecule is N#Cc1cc2ccc3c(-c4ccc(-c5ccc(-c6cccnc6)c6ccccc56)c5ccccc45)ccc4c3c2c(c1)n4-c1ccccc1. The highest BCUT2D eigenvalue weighted by atomic mass is 15.0. The van der Waals surface area contributed by atoms with Gasteiger partial charge in [-0.15, -0.1) is 0 Å². The Kier molecular flexibility index (Phi) is 5.94. The Bertz CT molecular complexity index is 2930. The molecule has 0 unspecified atom stereocenters. The number of nitrogens with zero attached hydrogens (tertiary/aromatic N) is 3. The van der Waals surface area contributed by atoms with Gasteiger partial charge in [0.15, 0.2) is 0 Å². The first-order valence-corrected chi connectivity index (χ1v) is 16.5. The molecule has 0 spiro atoms. The molecule has 10 rings (SSSR count). The Morgan fingerprint density at radius 2 is 1.06 bits per heavy atom. The van der Waals surface area contributed by atoms with Crippen LogP contribution in [0.3, 0.4) is 0 Å². The third-order valence-electron chi connectivity index (χ3n) is 10.1. The second-order valence-electron chi connectivity index (χ2n) is 12.7. The summed E-state index contributed by atoms with van der Waals surface area (Å²) in [6, 6.07) is 56.5. The summed E-state index contributed by atoms with van der Waals surface area (Å²) in [6.45, 7) is 0. The normalized spacial score (nSPS) is 11.7. The zero-order valence-electron chi connectivity index (χ0n) is 26.4. The molecule has 0 atom stereocenters. The number of para-hydroxylation sites is 1. The third kappa shape index (κ3) is 4.05. The molecule has 49 heavy (non-hydrogen) atoms. The molecule has 2 heterocycles. The van der Waals surface area contributed by atoms with Crippen LogP contribution in [0.5, 0.6) is 0 Å². The molecular formula is C46H27N3. The molecule has 0 aliphatic rings. The van der Waals surface area contributed by atoms with E-state index in [1.165, 1.54) is 65.5 Å². The fraction of sp³-hybridized carbons (Fsp3) is 0. The van der Waals surface area contributed by atoms with Crippen molar-refractivity contribution in [3.63, 3.8) is 0 Å². The number of aromatic nitrogens is 2. The van der Waals surface area contributed by atoms with Gasteiger partial charge in [0.25, 0.3) is 0 Å². The van der Waals surface area contributed by atoms with Crippen LogP contribution in [0.25, 0.3) is 93.2 Å². The van der Waals surface area contributed by atoms with Gasteiger partial charge in [-0.25, -0.2) is 0 Å². The lowest BCUT2D eigenvalue weighted by Crippen LogP contribution is -1.93. The average Bonchev–Trinajstić information content (AvgIpc) is 3.51. The molecule has 0 saturated carbocycles. The van der Waals surface area contributed by atoms with Gasteiger partial charge in [0, 0.05) is 34.4 Å². The Morgan fingerprint density at radius 1 is 0.469 bits per heavy atom. The highest BCUT2D eigenvalue weighted by molar-refractivity contribution is 6.27. The lowest BCUT2D eigenvalue weighted by molar-refractivity contribution is 1.18. The molecule has 0 N–H and O–H groups in total. The molecule has 2 aromatic heterocycles. The molecule has 0 aliphatic carbocycles. The van der Waals surface area contributed by atoms with Gasteiger partial charge in [0.05, 0.1) is 22.7 Å². The zero-order chi connectivity index (χ0) is 32.5. The molecule has 0 saturated heterocycles. The molecule has 3 heteroatoms. The summed E-state index contributed by atoms with van der Waals surface area (Å²) in [4.78, 5) is 4.39. The van der Waals surface area contributed by atoms with Crippen LogP contribution in [-0.2, 0) is 0 Å². The molecule has 226 valence electrons. The minimum absolute atomic E-state index is 0.665. The van der Waals surface area contributed by atoms with Crippen molar-refractivity contribution < 1.29 is 0 Å². The van der Waals surface area contributed by atoms with E-state index in [-0.39, 0.29) is 0 Å². The van der Waals surface area contributed by atoms with E-state index in [2.05, 4.69) is 143 Å². The van der Waals surface area contributed by atoms with Gasteiger partial charge in [-0.1, -0.05) is 115 Å². The van der Waals surface area contributed by atoms with Crippen LogP contribution in [-0.4, -0.2) is 9.55 Å². The van der Waals surface area contributed by atoms with E-state index in [9.17, 15) is 5.26 Å². The van der Waals surface area contributed by atoms with E-state index >= 15 is 0 Å². The van der Waals surface area contributed by atoms with Crippen molar-refractivity contribution in [1.82, 2.24) is 9.55 Å². The molecule has 0 bridgehead atoms. The molecule has 10 aromatic rings. The fourth-order valence-corrected chi connectivity index (χ4v) is 7.99. The number of hydrogen-bond donors (Lipinski definition) is 0. The summed E-state index contributed by atoms with van der Waals surface area (Å²) in [7, 11) is 0. The maximum Gasteiger partial charge on any atom is 0.0992 e. The topological polar surface area (TPSA) is 41.6 Å². The van der Waals surface area contributed by atoms with E-state index in [0.717, 1.165) is 27.7 Å². The van der Waals surface area contributed by atoms with E-state index < -0.39 is 0 Å². The second-order valence-corrected chi connectivity index (χ2v) is 12.7. The van der Waals surface area contributed by atoms with Gasteiger partial charge in [-0.05, 0) is 96.5 Å². The average molecular weight is 622 g/mol. The molecule has 8 aromatic carbocycles. The quantitative estimate of drug-likeness (QED) is 0.184. The number of fused-ring (bicyclic) bond motifs is 2. The van der Waals surface area contributed by atoms with Crippen molar-refractivity contribution in [3.05, 3.63) is 170 Å². The molecule has 0 radical (unpaired) electrons. The summed E-state index contributed by atoms with van der Waals surface area (Å²) in [5.41, 5.74) is 11.1. The van der Waals surface area contributed by atoms with Crippen LogP contribution in [0.4, 0.5) is 0 Å². The maximum atomic E-state index is 9.91. The number of hydrogen-bond acceptors (Lipinski definition) is 2. The first-order chi connectivity index (χ1) is 24.3. The van der Waals surface area contributed by atoms with Gasteiger partial charge in [0.2, 0.25) is 0 Å². The summed E-state index contributed by atoms with van der Waals surface area (Å²) >= 11 is 0. The van der Waals surface area contributed by atoms with E-state index in [4.69, 9.17) is 0 Å². The Morgan fingerprint density at radius 3 is 1.69 bits per heavy atom. The van der Waals surface area contributed by atoms with Crippen molar-refractivity contribution in [1.29, 1.82) is 5.26 Å². The summed E-state index contributed by atoms with van der Waals surface area (Å²) < 4.78 is 2.30. The van der Waals surface area contributed by atoms with Crippen LogP contribution in [0.2, 0.25) is 0 Å². The van der Waals surface area contributed by atoms with Crippen LogP contribution in [0, 0.1) is 11.3 Å². The summed E-state index contributed by atoms with van der Waals surface area (Å²) in [5.74, 6) is 0. The van der Waals surface area contributed by atoms with Crippen molar-refractivity contribution in [2.75, 3.05) is 0 Å². The summed E-state index contributed by atoms with van der Waals surface area (Å²) in [6.07, 6.45) is 3.76.